The van der Waals surface area contributed by atoms with Crippen LogP contribution in [0.1, 0.15) is 17.2 Å². The molecular formula is C18H11BrN8O3. The lowest BCUT2D eigenvalue weighted by atomic mass is 9.92. The van der Waals surface area contributed by atoms with E-state index in [-0.39, 0.29) is 17.3 Å². The van der Waals surface area contributed by atoms with E-state index >= 15 is 0 Å². The van der Waals surface area contributed by atoms with Gasteiger partial charge in [0.05, 0.1) is 10.6 Å². The Morgan fingerprint density at radius 1 is 1.10 bits per heavy atom. The Bertz CT molecular complexity index is 1330. The second kappa shape index (κ2) is 6.84. The molecule has 0 spiro atoms. The third-order valence-corrected chi connectivity index (χ3v) is 5.33. The van der Waals surface area contributed by atoms with Crippen LogP contribution in [0.4, 0.5) is 17.3 Å². The molecule has 0 unspecified atom stereocenters. The van der Waals surface area contributed by atoms with Gasteiger partial charge in [0.25, 0.3) is 11.2 Å². The van der Waals surface area contributed by atoms with Crippen LogP contribution in [0.15, 0.2) is 57.8 Å². The van der Waals surface area contributed by atoms with Crippen LogP contribution < -0.4 is 10.9 Å². The second-order valence-corrected chi connectivity index (χ2v) is 7.44. The number of tetrazole rings is 1. The number of nitrogens with one attached hydrogen (secondary N) is 2. The zero-order chi connectivity index (χ0) is 20.8. The van der Waals surface area contributed by atoms with Crippen molar-refractivity contribution < 1.29 is 4.92 Å². The molecule has 0 saturated heterocycles. The van der Waals surface area contributed by atoms with Gasteiger partial charge in [-0.15, -0.1) is 0 Å². The van der Waals surface area contributed by atoms with Crippen LogP contribution in [0, 0.1) is 10.1 Å². The number of hydrogen-bond acceptors (Lipinski definition) is 8. The van der Waals surface area contributed by atoms with Gasteiger partial charge in [0.1, 0.15) is 11.7 Å². The predicted molar refractivity (Wildman–Crippen MR) is 109 cm³/mol. The fourth-order valence-corrected chi connectivity index (χ4v) is 3.72. The van der Waals surface area contributed by atoms with Crippen molar-refractivity contribution in [3.05, 3.63) is 84.6 Å². The summed E-state index contributed by atoms with van der Waals surface area (Å²) in [6, 6.07) is 12.9. The van der Waals surface area contributed by atoms with E-state index in [0.717, 1.165) is 10.0 Å². The van der Waals surface area contributed by atoms with Crippen molar-refractivity contribution in [1.29, 1.82) is 0 Å². The minimum Gasteiger partial charge on any atom is -0.318 e. The number of fused-ring (bicyclic) bond motifs is 2. The lowest BCUT2D eigenvalue weighted by Gasteiger charge is -2.27. The van der Waals surface area contributed by atoms with Crippen molar-refractivity contribution in [3.63, 3.8) is 0 Å². The lowest BCUT2D eigenvalue weighted by Crippen LogP contribution is -2.29. The number of hydrogen-bond donors (Lipinski definition) is 2. The average molecular weight is 467 g/mol. The quantitative estimate of drug-likeness (QED) is 0.305. The predicted octanol–water partition coefficient (Wildman–Crippen LogP) is 2.79. The Morgan fingerprint density at radius 3 is 2.53 bits per heavy atom. The van der Waals surface area contributed by atoms with Gasteiger partial charge in [-0.2, -0.15) is 9.78 Å². The summed E-state index contributed by atoms with van der Waals surface area (Å²) in [5, 5.41) is 32.5. The summed E-state index contributed by atoms with van der Waals surface area (Å²) in [5.41, 5.74) is 2.35. The molecule has 0 amide bonds. The van der Waals surface area contributed by atoms with Crippen LogP contribution >= 0.6 is 15.9 Å². The van der Waals surface area contributed by atoms with Gasteiger partial charge in [0.15, 0.2) is 0 Å². The minimum atomic E-state index is -0.611. The molecule has 1 aliphatic rings. The molecule has 5 rings (SSSR count). The standard InChI is InChI=1S/C18H11BrN8O3/c19-11-5-1-9(2-6-11)14-13-15(17(28)22-21-14)20-18-23-24-25-26(18)16(13)10-3-7-12(8-4-10)27(29)30/h1-8,16H,(H,22,28)(H,20,23,25)/t16-/m1/s1. The van der Waals surface area contributed by atoms with Crippen molar-refractivity contribution in [1.82, 2.24) is 30.4 Å². The number of nitro benzene ring substituents is 1. The Morgan fingerprint density at radius 2 is 1.83 bits per heavy atom. The average Bonchev–Trinajstić information content (AvgIpc) is 3.22. The van der Waals surface area contributed by atoms with Gasteiger partial charge in [0.2, 0.25) is 5.95 Å². The fourth-order valence-electron chi connectivity index (χ4n) is 3.45. The monoisotopic (exact) mass is 466 g/mol. The Labute approximate surface area is 176 Å². The molecule has 2 aromatic carbocycles. The normalized spacial score (nSPS) is 14.5. The van der Waals surface area contributed by atoms with Gasteiger partial charge in [-0.1, -0.05) is 33.2 Å². The summed E-state index contributed by atoms with van der Waals surface area (Å²) >= 11 is 3.41. The Kier molecular flexibility index (Phi) is 4.13. The molecule has 148 valence electrons. The molecule has 0 radical (unpaired) electrons. The third kappa shape index (κ3) is 2.85. The first-order valence-corrected chi connectivity index (χ1v) is 9.50. The molecule has 1 aliphatic heterocycles. The second-order valence-electron chi connectivity index (χ2n) is 6.52. The van der Waals surface area contributed by atoms with E-state index in [1.54, 1.807) is 12.1 Å². The van der Waals surface area contributed by atoms with E-state index in [0.29, 0.717) is 16.8 Å². The Hall–Kier alpha value is -3.93. The first-order valence-electron chi connectivity index (χ1n) is 8.70. The molecule has 0 aliphatic carbocycles. The highest BCUT2D eigenvalue weighted by Crippen LogP contribution is 2.41. The highest BCUT2D eigenvalue weighted by molar-refractivity contribution is 9.10. The number of rotatable bonds is 3. The highest BCUT2D eigenvalue weighted by atomic mass is 79.9. The van der Waals surface area contributed by atoms with Crippen molar-refractivity contribution >= 4 is 33.3 Å². The van der Waals surface area contributed by atoms with E-state index < -0.39 is 16.5 Å². The van der Waals surface area contributed by atoms with Crippen LogP contribution in [0.3, 0.4) is 0 Å². The van der Waals surface area contributed by atoms with E-state index in [1.165, 1.54) is 16.8 Å². The third-order valence-electron chi connectivity index (χ3n) is 4.81. The molecule has 0 fully saturated rings. The number of H-pyrrole nitrogens is 1. The largest absolute Gasteiger partial charge is 0.318 e. The molecule has 12 heteroatoms. The lowest BCUT2D eigenvalue weighted by molar-refractivity contribution is -0.384. The van der Waals surface area contributed by atoms with Crippen LogP contribution in [0.2, 0.25) is 0 Å². The number of aromatic amines is 1. The van der Waals surface area contributed by atoms with Gasteiger partial charge in [0, 0.05) is 27.7 Å². The summed E-state index contributed by atoms with van der Waals surface area (Å²) in [4.78, 5) is 23.2. The van der Waals surface area contributed by atoms with Crippen LogP contribution in [0.5, 0.6) is 0 Å². The molecule has 1 atom stereocenters. The number of non-ortho nitro benzene ring substituents is 1. The van der Waals surface area contributed by atoms with Crippen LogP contribution in [-0.4, -0.2) is 35.3 Å². The van der Waals surface area contributed by atoms with Gasteiger partial charge in [-0.25, -0.2) is 5.10 Å². The number of nitro groups is 1. The Balaban J connectivity index is 1.77. The summed E-state index contributed by atoms with van der Waals surface area (Å²) in [7, 11) is 0. The first-order chi connectivity index (χ1) is 14.5. The summed E-state index contributed by atoms with van der Waals surface area (Å²) in [5.74, 6) is 0.282. The minimum absolute atomic E-state index is 0.0398. The highest BCUT2D eigenvalue weighted by Gasteiger charge is 2.34. The number of nitrogens with zero attached hydrogens (tertiary/aromatic N) is 6. The van der Waals surface area contributed by atoms with E-state index in [9.17, 15) is 14.9 Å². The van der Waals surface area contributed by atoms with Crippen molar-refractivity contribution in [3.8, 4) is 11.3 Å². The molecule has 4 aromatic rings. The van der Waals surface area contributed by atoms with Gasteiger partial charge in [-0.05, 0) is 40.3 Å². The molecular weight excluding hydrogens is 456 g/mol. The number of anilines is 2. The molecule has 0 bridgehead atoms. The van der Waals surface area contributed by atoms with E-state index in [2.05, 4.69) is 47.0 Å². The first kappa shape index (κ1) is 18.1. The summed E-state index contributed by atoms with van der Waals surface area (Å²) < 4.78 is 2.42. The molecule has 2 aromatic heterocycles. The van der Waals surface area contributed by atoms with E-state index in [1.807, 2.05) is 24.3 Å². The molecule has 0 saturated carbocycles. The zero-order valence-electron chi connectivity index (χ0n) is 15.0. The fraction of sp³-hybridized carbons (Fsp3) is 0.0556. The molecule has 3 heterocycles. The number of halogens is 1. The number of aromatic nitrogens is 6. The topological polar surface area (TPSA) is 145 Å². The van der Waals surface area contributed by atoms with Gasteiger partial charge >= 0.3 is 0 Å². The van der Waals surface area contributed by atoms with Crippen molar-refractivity contribution in [2.75, 3.05) is 5.32 Å². The summed E-state index contributed by atoms with van der Waals surface area (Å²) in [6.45, 7) is 0. The van der Waals surface area contributed by atoms with E-state index in [4.69, 9.17) is 0 Å². The number of benzene rings is 2. The maximum atomic E-state index is 12.6. The molecule has 2 N–H and O–H groups in total. The molecule has 30 heavy (non-hydrogen) atoms. The SMILES string of the molecule is O=c1[nH]nc(-c2ccc(Br)cc2)c2c1Nc1nnnn1[C@@H]2c1ccc([N+](=O)[O-])cc1. The maximum absolute atomic E-state index is 12.6. The smallest absolute Gasteiger partial charge is 0.288 e. The van der Waals surface area contributed by atoms with Crippen LogP contribution in [-0.2, 0) is 0 Å². The van der Waals surface area contributed by atoms with Gasteiger partial charge in [-0.3, -0.25) is 14.9 Å². The zero-order valence-corrected chi connectivity index (χ0v) is 16.6. The van der Waals surface area contributed by atoms with Crippen molar-refractivity contribution in [2.24, 2.45) is 0 Å². The van der Waals surface area contributed by atoms with Gasteiger partial charge < -0.3 is 5.32 Å². The maximum Gasteiger partial charge on any atom is 0.288 e. The molecule has 11 nitrogen and oxygen atoms in total. The van der Waals surface area contributed by atoms with Crippen molar-refractivity contribution in [2.45, 2.75) is 6.04 Å². The van der Waals surface area contributed by atoms with Crippen LogP contribution in [0.25, 0.3) is 11.3 Å². The summed E-state index contributed by atoms with van der Waals surface area (Å²) in [6.07, 6.45) is 0.